The third kappa shape index (κ3) is 2.57. The lowest BCUT2D eigenvalue weighted by molar-refractivity contribution is -0.136. The van der Waals surface area contributed by atoms with Gasteiger partial charge in [-0.2, -0.15) is 0 Å². The molecule has 2 rings (SSSR count). The number of amides is 1. The molecule has 1 amide bonds. The van der Waals surface area contributed by atoms with Gasteiger partial charge in [-0.3, -0.25) is 9.69 Å². The Bertz CT molecular complexity index is 389. The molecule has 1 N–H and O–H groups in total. The van der Waals surface area contributed by atoms with Gasteiger partial charge in [-0.25, -0.2) is 0 Å². The summed E-state index contributed by atoms with van der Waals surface area (Å²) in [5, 5.41) is 3.34. The van der Waals surface area contributed by atoms with Gasteiger partial charge in [0.2, 0.25) is 5.91 Å². The summed E-state index contributed by atoms with van der Waals surface area (Å²) < 4.78 is 5.46. The molecule has 0 saturated carbocycles. The average Bonchev–Trinajstić information content (AvgIpc) is 2.85. The highest BCUT2D eigenvalue weighted by Crippen LogP contribution is 2.25. The van der Waals surface area contributed by atoms with Crippen LogP contribution in [0.1, 0.15) is 18.7 Å². The van der Waals surface area contributed by atoms with Gasteiger partial charge in [0.15, 0.2) is 0 Å². The van der Waals surface area contributed by atoms with Gasteiger partial charge >= 0.3 is 0 Å². The minimum absolute atomic E-state index is 0.0682. The molecule has 1 aliphatic rings. The minimum atomic E-state index is -0.313. The van der Waals surface area contributed by atoms with E-state index in [2.05, 4.69) is 17.1 Å². The molecule has 0 aliphatic carbocycles. The first-order valence-electron chi connectivity index (χ1n) is 6.32. The lowest BCUT2D eigenvalue weighted by atomic mass is 10.1. The molecular weight excluding hydrogens is 230 g/mol. The molecular formula is C13H21N3O2. The van der Waals surface area contributed by atoms with Gasteiger partial charge in [-0.1, -0.05) is 0 Å². The van der Waals surface area contributed by atoms with E-state index < -0.39 is 0 Å². The number of nitrogens with one attached hydrogen (secondary N) is 1. The lowest BCUT2D eigenvalue weighted by Crippen LogP contribution is -2.54. The Morgan fingerprint density at radius 3 is 2.94 bits per heavy atom. The number of rotatable bonds is 3. The van der Waals surface area contributed by atoms with Crippen LogP contribution in [-0.4, -0.2) is 55.5 Å². The highest BCUT2D eigenvalue weighted by Gasteiger charge is 2.35. The van der Waals surface area contributed by atoms with Crippen molar-refractivity contribution >= 4 is 5.91 Å². The highest BCUT2D eigenvalue weighted by molar-refractivity contribution is 5.82. The molecule has 5 nitrogen and oxygen atoms in total. The van der Waals surface area contributed by atoms with E-state index in [4.69, 9.17) is 4.42 Å². The molecule has 1 fully saturated rings. The minimum Gasteiger partial charge on any atom is -0.467 e. The Morgan fingerprint density at radius 1 is 1.61 bits per heavy atom. The van der Waals surface area contributed by atoms with Crippen molar-refractivity contribution in [2.75, 3.05) is 33.7 Å². The quantitative estimate of drug-likeness (QED) is 0.859. The number of hydrogen-bond acceptors (Lipinski definition) is 4. The van der Waals surface area contributed by atoms with Crippen molar-refractivity contribution in [1.29, 1.82) is 0 Å². The van der Waals surface area contributed by atoms with Crippen LogP contribution < -0.4 is 5.32 Å². The fourth-order valence-corrected chi connectivity index (χ4v) is 2.36. The molecule has 0 bridgehead atoms. The SMILES string of the molecule is CC1CNCCN1C(C(=O)N(C)C)c1ccco1. The Labute approximate surface area is 108 Å². The maximum atomic E-state index is 12.4. The van der Waals surface area contributed by atoms with E-state index in [-0.39, 0.29) is 11.9 Å². The number of likely N-dealkylation sites (N-methyl/N-ethyl adjacent to an activating group) is 1. The number of hydrogen-bond donors (Lipinski definition) is 1. The molecule has 0 aromatic carbocycles. The normalized spacial score (nSPS) is 22.7. The zero-order chi connectivity index (χ0) is 13.1. The van der Waals surface area contributed by atoms with Crippen LogP contribution in [0.5, 0.6) is 0 Å². The molecule has 100 valence electrons. The largest absolute Gasteiger partial charge is 0.467 e. The maximum absolute atomic E-state index is 12.4. The van der Waals surface area contributed by atoms with E-state index in [0.29, 0.717) is 6.04 Å². The van der Waals surface area contributed by atoms with Crippen molar-refractivity contribution in [3.8, 4) is 0 Å². The van der Waals surface area contributed by atoms with Crippen molar-refractivity contribution in [2.45, 2.75) is 19.0 Å². The van der Waals surface area contributed by atoms with Crippen LogP contribution >= 0.6 is 0 Å². The third-order valence-electron chi connectivity index (χ3n) is 3.37. The van der Waals surface area contributed by atoms with Crippen molar-refractivity contribution in [2.24, 2.45) is 0 Å². The zero-order valence-electron chi connectivity index (χ0n) is 11.2. The second-order valence-electron chi connectivity index (χ2n) is 4.94. The molecule has 18 heavy (non-hydrogen) atoms. The molecule has 0 spiro atoms. The average molecular weight is 251 g/mol. The highest BCUT2D eigenvalue weighted by atomic mass is 16.3. The van der Waals surface area contributed by atoms with Crippen molar-refractivity contribution in [3.63, 3.8) is 0 Å². The summed E-state index contributed by atoms with van der Waals surface area (Å²) in [6.45, 7) is 4.79. The second-order valence-corrected chi connectivity index (χ2v) is 4.94. The molecule has 2 unspecified atom stereocenters. The predicted octanol–water partition coefficient (Wildman–Crippen LogP) is 0.703. The van der Waals surface area contributed by atoms with Crippen molar-refractivity contribution < 1.29 is 9.21 Å². The van der Waals surface area contributed by atoms with Gasteiger partial charge in [-0.05, 0) is 19.1 Å². The summed E-state index contributed by atoms with van der Waals surface area (Å²) in [7, 11) is 3.57. The summed E-state index contributed by atoms with van der Waals surface area (Å²) in [5.41, 5.74) is 0. The molecule has 5 heteroatoms. The number of furan rings is 1. The van der Waals surface area contributed by atoms with Gasteiger partial charge in [0.1, 0.15) is 11.8 Å². The number of carbonyl (C=O) groups excluding carboxylic acids is 1. The molecule has 1 aromatic rings. The van der Waals surface area contributed by atoms with E-state index in [1.807, 2.05) is 12.1 Å². The Balaban J connectivity index is 2.27. The van der Waals surface area contributed by atoms with Crippen LogP contribution in [0.3, 0.4) is 0 Å². The standard InChI is InChI=1S/C13H21N3O2/c1-10-9-14-6-7-16(10)12(13(17)15(2)3)11-5-4-8-18-11/h4-5,8,10,12,14H,6-7,9H2,1-3H3. The molecule has 1 aromatic heterocycles. The maximum Gasteiger partial charge on any atom is 0.247 e. The summed E-state index contributed by atoms with van der Waals surface area (Å²) in [4.78, 5) is 16.2. The smallest absolute Gasteiger partial charge is 0.247 e. The van der Waals surface area contributed by atoms with E-state index >= 15 is 0 Å². The molecule has 2 atom stereocenters. The predicted molar refractivity (Wildman–Crippen MR) is 69.2 cm³/mol. The Kier molecular flexibility index (Phi) is 4.04. The molecule has 2 heterocycles. The van der Waals surface area contributed by atoms with Gasteiger partial charge in [0.25, 0.3) is 0 Å². The topological polar surface area (TPSA) is 48.7 Å². The Morgan fingerprint density at radius 2 is 2.39 bits per heavy atom. The van der Waals surface area contributed by atoms with E-state index in [9.17, 15) is 4.79 Å². The van der Waals surface area contributed by atoms with E-state index in [1.54, 1.807) is 25.3 Å². The summed E-state index contributed by atoms with van der Waals surface area (Å²) in [5.74, 6) is 0.793. The van der Waals surface area contributed by atoms with Gasteiger partial charge in [-0.15, -0.1) is 0 Å². The summed E-state index contributed by atoms with van der Waals surface area (Å²) in [6.07, 6.45) is 1.62. The fourth-order valence-electron chi connectivity index (χ4n) is 2.36. The van der Waals surface area contributed by atoms with Crippen LogP contribution in [0.25, 0.3) is 0 Å². The van der Waals surface area contributed by atoms with Gasteiger partial charge < -0.3 is 14.6 Å². The monoisotopic (exact) mass is 251 g/mol. The molecule has 0 radical (unpaired) electrons. The van der Waals surface area contributed by atoms with Gasteiger partial charge in [0, 0.05) is 39.8 Å². The molecule has 1 aliphatic heterocycles. The van der Waals surface area contributed by atoms with E-state index in [0.717, 1.165) is 25.4 Å². The van der Waals surface area contributed by atoms with Crippen molar-refractivity contribution in [3.05, 3.63) is 24.2 Å². The lowest BCUT2D eigenvalue weighted by Gasteiger charge is -2.39. The van der Waals surface area contributed by atoms with Crippen molar-refractivity contribution in [1.82, 2.24) is 15.1 Å². The van der Waals surface area contributed by atoms with Crippen LogP contribution in [0, 0.1) is 0 Å². The first-order chi connectivity index (χ1) is 8.61. The fraction of sp³-hybridized carbons (Fsp3) is 0.615. The van der Waals surface area contributed by atoms with Crippen LogP contribution in [0.2, 0.25) is 0 Å². The van der Waals surface area contributed by atoms with Gasteiger partial charge in [0.05, 0.1) is 6.26 Å². The second kappa shape index (κ2) is 5.54. The van der Waals surface area contributed by atoms with Crippen LogP contribution in [0.15, 0.2) is 22.8 Å². The first-order valence-corrected chi connectivity index (χ1v) is 6.32. The number of nitrogens with zero attached hydrogens (tertiary/aromatic N) is 2. The summed E-state index contributed by atoms with van der Waals surface area (Å²) in [6, 6.07) is 3.71. The molecule has 1 saturated heterocycles. The van der Waals surface area contributed by atoms with Crippen LogP contribution in [0.4, 0.5) is 0 Å². The zero-order valence-corrected chi connectivity index (χ0v) is 11.2. The number of piperazine rings is 1. The van der Waals surface area contributed by atoms with Crippen LogP contribution in [-0.2, 0) is 4.79 Å². The Hall–Kier alpha value is -1.33. The summed E-state index contributed by atoms with van der Waals surface area (Å²) >= 11 is 0. The first kappa shape index (κ1) is 13.1. The van der Waals surface area contributed by atoms with E-state index in [1.165, 1.54) is 0 Å². The third-order valence-corrected chi connectivity index (χ3v) is 3.37. The number of carbonyl (C=O) groups is 1.